The molecular formula is C18H21NO5. The zero-order valence-electron chi connectivity index (χ0n) is 14.2. The molecule has 0 bridgehead atoms. The maximum Gasteiger partial charge on any atom is 0.205 e. The lowest BCUT2D eigenvalue weighted by atomic mass is 9.82. The Morgan fingerprint density at radius 3 is 2.54 bits per heavy atom. The summed E-state index contributed by atoms with van der Waals surface area (Å²) in [6, 6.07) is 1.78. The van der Waals surface area contributed by atoms with Crippen LogP contribution >= 0.6 is 0 Å². The number of piperidine rings is 1. The fourth-order valence-electron chi connectivity index (χ4n) is 3.80. The number of benzene rings is 1. The highest BCUT2D eigenvalue weighted by Gasteiger charge is 2.45. The van der Waals surface area contributed by atoms with Gasteiger partial charge in [0.2, 0.25) is 5.75 Å². The first kappa shape index (κ1) is 15.3. The van der Waals surface area contributed by atoms with Gasteiger partial charge >= 0.3 is 0 Å². The molecule has 0 amide bonds. The maximum absolute atomic E-state index is 13.0. The molecule has 0 radical (unpaired) electrons. The number of hydrogen-bond donors (Lipinski definition) is 0. The van der Waals surface area contributed by atoms with E-state index in [1.165, 1.54) is 0 Å². The number of furan rings is 1. The molecule has 1 fully saturated rings. The fourth-order valence-corrected chi connectivity index (χ4v) is 3.80. The molecule has 4 rings (SSSR count). The van der Waals surface area contributed by atoms with Crippen LogP contribution in [-0.4, -0.2) is 50.6 Å². The van der Waals surface area contributed by atoms with E-state index in [-0.39, 0.29) is 5.78 Å². The average molecular weight is 331 g/mol. The SMILES string of the molecule is COc1c2c(c(OC)c3occc13)OC1(CCN(C)CC1)CC2=O. The van der Waals surface area contributed by atoms with Gasteiger partial charge in [-0.1, -0.05) is 0 Å². The van der Waals surface area contributed by atoms with Crippen LogP contribution in [0, 0.1) is 0 Å². The van der Waals surface area contributed by atoms with Crippen LogP contribution in [0.15, 0.2) is 16.7 Å². The minimum atomic E-state index is -0.463. The molecule has 1 aromatic carbocycles. The number of methoxy groups -OCH3 is 2. The van der Waals surface area contributed by atoms with E-state index < -0.39 is 5.60 Å². The van der Waals surface area contributed by atoms with Gasteiger partial charge in [-0.2, -0.15) is 0 Å². The Hall–Kier alpha value is -2.21. The Kier molecular flexibility index (Phi) is 3.46. The van der Waals surface area contributed by atoms with Crippen molar-refractivity contribution in [2.24, 2.45) is 0 Å². The predicted octanol–water partition coefficient (Wildman–Crippen LogP) is 2.88. The smallest absolute Gasteiger partial charge is 0.205 e. The van der Waals surface area contributed by atoms with Gasteiger partial charge in [-0.25, -0.2) is 0 Å². The van der Waals surface area contributed by atoms with Crippen LogP contribution in [0.4, 0.5) is 0 Å². The molecule has 6 heteroatoms. The van der Waals surface area contributed by atoms with Gasteiger partial charge in [0.1, 0.15) is 16.9 Å². The second-order valence-corrected chi connectivity index (χ2v) is 6.62. The highest BCUT2D eigenvalue weighted by molar-refractivity contribution is 6.10. The van der Waals surface area contributed by atoms with Crippen molar-refractivity contribution in [2.45, 2.75) is 24.9 Å². The van der Waals surface area contributed by atoms with Gasteiger partial charge < -0.3 is 23.5 Å². The van der Waals surface area contributed by atoms with Gasteiger partial charge in [0.15, 0.2) is 17.1 Å². The lowest BCUT2D eigenvalue weighted by Crippen LogP contribution is -2.50. The Morgan fingerprint density at radius 2 is 1.88 bits per heavy atom. The molecule has 0 unspecified atom stereocenters. The first-order valence-corrected chi connectivity index (χ1v) is 8.14. The van der Waals surface area contributed by atoms with E-state index in [0.717, 1.165) is 31.3 Å². The fraction of sp³-hybridized carbons (Fsp3) is 0.500. The van der Waals surface area contributed by atoms with Crippen LogP contribution in [0.25, 0.3) is 11.0 Å². The molecule has 1 spiro atoms. The summed E-state index contributed by atoms with van der Waals surface area (Å²) in [6.07, 6.45) is 3.57. The number of hydrogen-bond acceptors (Lipinski definition) is 6. The second kappa shape index (κ2) is 5.41. The van der Waals surface area contributed by atoms with Gasteiger partial charge in [-0.15, -0.1) is 0 Å². The van der Waals surface area contributed by atoms with Crippen molar-refractivity contribution in [1.82, 2.24) is 4.90 Å². The monoisotopic (exact) mass is 331 g/mol. The third-order valence-corrected chi connectivity index (χ3v) is 5.16. The molecule has 1 saturated heterocycles. The third kappa shape index (κ3) is 2.09. The molecular weight excluding hydrogens is 310 g/mol. The van der Waals surface area contributed by atoms with Crippen molar-refractivity contribution < 1.29 is 23.4 Å². The van der Waals surface area contributed by atoms with E-state index in [4.69, 9.17) is 18.6 Å². The summed E-state index contributed by atoms with van der Waals surface area (Å²) in [5.74, 6) is 1.47. The topological polar surface area (TPSA) is 61.1 Å². The normalized spacial score (nSPS) is 20.0. The van der Waals surface area contributed by atoms with E-state index in [0.29, 0.717) is 34.8 Å². The van der Waals surface area contributed by atoms with Crippen LogP contribution in [0.2, 0.25) is 0 Å². The van der Waals surface area contributed by atoms with Crippen LogP contribution in [0.3, 0.4) is 0 Å². The predicted molar refractivity (Wildman–Crippen MR) is 88.4 cm³/mol. The van der Waals surface area contributed by atoms with Crippen LogP contribution in [0.1, 0.15) is 29.6 Å². The van der Waals surface area contributed by atoms with E-state index in [1.54, 1.807) is 26.5 Å². The number of carbonyl (C=O) groups is 1. The Morgan fingerprint density at radius 1 is 1.17 bits per heavy atom. The summed E-state index contributed by atoms with van der Waals surface area (Å²) >= 11 is 0. The minimum Gasteiger partial charge on any atom is -0.495 e. The minimum absolute atomic E-state index is 0.0408. The standard InChI is InChI=1S/C18H21NO5/c1-19-7-5-18(6-8-19)10-12(20)13-14(21-2)11-4-9-23-15(11)17(22-3)16(13)24-18/h4,9H,5-8,10H2,1-3H3. The molecule has 2 aromatic rings. The lowest BCUT2D eigenvalue weighted by molar-refractivity contribution is -0.00562. The number of fused-ring (bicyclic) bond motifs is 2. The molecule has 3 heterocycles. The first-order chi connectivity index (χ1) is 11.6. The number of carbonyl (C=O) groups excluding carboxylic acids is 1. The number of ether oxygens (including phenoxy) is 3. The first-order valence-electron chi connectivity index (χ1n) is 8.14. The van der Waals surface area contributed by atoms with Crippen molar-refractivity contribution in [1.29, 1.82) is 0 Å². The van der Waals surface area contributed by atoms with Crippen molar-refractivity contribution in [3.8, 4) is 17.2 Å². The number of rotatable bonds is 2. The molecule has 0 saturated carbocycles. The van der Waals surface area contributed by atoms with Gasteiger partial charge in [0.05, 0.1) is 32.3 Å². The molecule has 128 valence electrons. The summed E-state index contributed by atoms with van der Waals surface area (Å²) < 4.78 is 23.1. The second-order valence-electron chi connectivity index (χ2n) is 6.62. The van der Waals surface area contributed by atoms with E-state index >= 15 is 0 Å². The van der Waals surface area contributed by atoms with Gasteiger partial charge in [-0.05, 0) is 13.1 Å². The quantitative estimate of drug-likeness (QED) is 0.843. The average Bonchev–Trinajstić information content (AvgIpc) is 3.05. The molecule has 2 aliphatic heterocycles. The Labute approximate surface area is 140 Å². The Balaban J connectivity index is 1.91. The highest BCUT2D eigenvalue weighted by Crippen LogP contribution is 2.52. The Bertz CT molecular complexity index is 801. The summed E-state index contributed by atoms with van der Waals surface area (Å²) in [6.45, 7) is 1.82. The van der Waals surface area contributed by atoms with Gasteiger partial charge in [-0.3, -0.25) is 4.79 Å². The molecule has 0 atom stereocenters. The summed E-state index contributed by atoms with van der Waals surface area (Å²) in [7, 11) is 5.21. The summed E-state index contributed by atoms with van der Waals surface area (Å²) in [5.41, 5.74) is 0.550. The summed E-state index contributed by atoms with van der Waals surface area (Å²) in [5, 5.41) is 0.726. The largest absolute Gasteiger partial charge is 0.495 e. The number of likely N-dealkylation sites (tertiary alicyclic amines) is 1. The van der Waals surface area contributed by atoms with Crippen LogP contribution in [0.5, 0.6) is 17.2 Å². The van der Waals surface area contributed by atoms with E-state index in [9.17, 15) is 4.79 Å². The van der Waals surface area contributed by atoms with Gasteiger partial charge in [0, 0.05) is 25.9 Å². The van der Waals surface area contributed by atoms with E-state index in [2.05, 4.69) is 11.9 Å². The molecule has 2 aliphatic rings. The van der Waals surface area contributed by atoms with Crippen LogP contribution < -0.4 is 14.2 Å². The van der Waals surface area contributed by atoms with Crippen LogP contribution in [-0.2, 0) is 0 Å². The zero-order chi connectivity index (χ0) is 16.9. The van der Waals surface area contributed by atoms with Crippen molar-refractivity contribution >= 4 is 16.8 Å². The summed E-state index contributed by atoms with van der Waals surface area (Å²) in [4.78, 5) is 15.2. The highest BCUT2D eigenvalue weighted by atomic mass is 16.5. The molecule has 6 nitrogen and oxygen atoms in total. The zero-order valence-corrected chi connectivity index (χ0v) is 14.2. The lowest BCUT2D eigenvalue weighted by Gasteiger charge is -2.43. The third-order valence-electron chi connectivity index (χ3n) is 5.16. The molecule has 0 N–H and O–H groups in total. The van der Waals surface area contributed by atoms with Crippen molar-refractivity contribution in [3.63, 3.8) is 0 Å². The van der Waals surface area contributed by atoms with Crippen molar-refractivity contribution in [3.05, 3.63) is 17.9 Å². The number of Topliss-reactive ketones (excluding diaryl/α,β-unsaturated/α-hetero) is 1. The molecule has 24 heavy (non-hydrogen) atoms. The molecule has 1 aromatic heterocycles. The number of ketones is 1. The van der Waals surface area contributed by atoms with Gasteiger partial charge in [0.25, 0.3) is 0 Å². The number of nitrogens with zero attached hydrogens (tertiary/aromatic N) is 1. The van der Waals surface area contributed by atoms with E-state index in [1.807, 2.05) is 0 Å². The van der Waals surface area contributed by atoms with Crippen molar-refractivity contribution in [2.75, 3.05) is 34.4 Å². The molecule has 0 aliphatic carbocycles. The maximum atomic E-state index is 13.0.